The molecule has 0 radical (unpaired) electrons. The van der Waals surface area contributed by atoms with Crippen LogP contribution in [-0.4, -0.2) is 22.5 Å². The van der Waals surface area contributed by atoms with Crippen molar-refractivity contribution in [2.75, 3.05) is 12.3 Å². The molecular weight excluding hydrogens is 250 g/mol. The Kier molecular flexibility index (Phi) is 20.0. The van der Waals surface area contributed by atoms with Gasteiger partial charge in [-0.2, -0.15) is 10.4 Å². The Labute approximate surface area is 124 Å². The molecule has 0 atom stereocenters. The van der Waals surface area contributed by atoms with Crippen LogP contribution < -0.4 is 5.73 Å². The maximum Gasteiger partial charge on any atom is 0.121 e. The summed E-state index contributed by atoms with van der Waals surface area (Å²) in [7, 11) is 0. The second kappa shape index (κ2) is 17.2. The van der Waals surface area contributed by atoms with Crippen LogP contribution in [0.4, 0.5) is 5.82 Å². The highest BCUT2D eigenvalue weighted by molar-refractivity contribution is 5.56. The number of nitrogens with two attached hydrogens (primary N) is 1. The van der Waals surface area contributed by atoms with E-state index in [4.69, 9.17) is 11.0 Å². The molecule has 0 fully saturated rings. The van der Waals surface area contributed by atoms with Crippen molar-refractivity contribution in [2.24, 2.45) is 4.99 Å². The Hall–Kier alpha value is -1.83. The van der Waals surface area contributed by atoms with E-state index in [0.29, 0.717) is 6.42 Å². The van der Waals surface area contributed by atoms with Gasteiger partial charge in [-0.15, -0.1) is 0 Å². The molecule has 20 heavy (non-hydrogen) atoms. The number of hydrogen-bond donors (Lipinski definition) is 1. The van der Waals surface area contributed by atoms with Crippen molar-refractivity contribution in [3.63, 3.8) is 0 Å². The summed E-state index contributed by atoms with van der Waals surface area (Å²) < 4.78 is 1.79. The van der Waals surface area contributed by atoms with Crippen LogP contribution >= 0.6 is 0 Å². The summed E-state index contributed by atoms with van der Waals surface area (Å²) in [5.74, 6) is 0.747. The predicted molar refractivity (Wildman–Crippen MR) is 88.9 cm³/mol. The lowest BCUT2D eigenvalue weighted by atomic mass is 10.3. The van der Waals surface area contributed by atoms with Gasteiger partial charge in [0.2, 0.25) is 0 Å². The van der Waals surface area contributed by atoms with Crippen molar-refractivity contribution in [1.82, 2.24) is 9.78 Å². The standard InChI is InChI=1S/C7H12N2.C6H11N3.2CH4/c1-2-6-9-7-4-3-5-8;1-2-5-9-6(7)3-4-8-9;;/h6H,2-4,7H2,1H3;3-4H,2,5,7H2,1H3;2*1H4. The Bertz CT molecular complexity index is 363. The van der Waals surface area contributed by atoms with Gasteiger partial charge in [-0.25, -0.2) is 0 Å². The van der Waals surface area contributed by atoms with E-state index in [9.17, 15) is 0 Å². The summed E-state index contributed by atoms with van der Waals surface area (Å²) >= 11 is 0. The predicted octanol–water partition coefficient (Wildman–Crippen LogP) is 3.92. The first-order chi connectivity index (χ1) is 8.76. The van der Waals surface area contributed by atoms with E-state index in [1.54, 1.807) is 16.9 Å². The smallest absolute Gasteiger partial charge is 0.121 e. The second-order valence-corrected chi connectivity index (χ2v) is 3.74. The number of unbranched alkanes of at least 4 members (excludes halogenated alkanes) is 1. The minimum Gasteiger partial charge on any atom is -0.384 e. The molecule has 5 nitrogen and oxygen atoms in total. The lowest BCUT2D eigenvalue weighted by Gasteiger charge is -1.98. The molecule has 0 saturated carbocycles. The maximum absolute atomic E-state index is 8.12. The molecule has 1 aromatic rings. The van der Waals surface area contributed by atoms with Crippen LogP contribution in [0.3, 0.4) is 0 Å². The number of rotatable bonds is 6. The fraction of sp³-hybridized carbons (Fsp3) is 0.667. The summed E-state index contributed by atoms with van der Waals surface area (Å²) in [6.07, 6.45) is 7.19. The van der Waals surface area contributed by atoms with Gasteiger partial charge in [0.05, 0.1) is 12.3 Å². The first-order valence-electron chi connectivity index (χ1n) is 6.38. The fourth-order valence-electron chi connectivity index (χ4n) is 1.21. The zero-order valence-corrected chi connectivity index (χ0v) is 11.3. The zero-order chi connectivity index (χ0) is 13.6. The number of hydrogen-bond acceptors (Lipinski definition) is 4. The maximum atomic E-state index is 8.12. The summed E-state index contributed by atoms with van der Waals surface area (Å²) in [5, 5.41) is 12.1. The van der Waals surface area contributed by atoms with E-state index in [-0.39, 0.29) is 14.9 Å². The van der Waals surface area contributed by atoms with Crippen LogP contribution in [0.25, 0.3) is 0 Å². The molecule has 0 saturated heterocycles. The van der Waals surface area contributed by atoms with Gasteiger partial charge in [-0.3, -0.25) is 9.67 Å². The van der Waals surface area contributed by atoms with Crippen molar-refractivity contribution in [1.29, 1.82) is 5.26 Å². The van der Waals surface area contributed by atoms with E-state index >= 15 is 0 Å². The molecule has 2 N–H and O–H groups in total. The van der Waals surface area contributed by atoms with Crippen LogP contribution in [0.15, 0.2) is 17.3 Å². The molecule has 0 aliphatic rings. The number of anilines is 1. The second-order valence-electron chi connectivity index (χ2n) is 3.74. The topological polar surface area (TPSA) is 80.0 Å². The third-order valence-electron chi connectivity index (χ3n) is 2.07. The highest BCUT2D eigenvalue weighted by atomic mass is 15.3. The number of aromatic nitrogens is 2. The van der Waals surface area contributed by atoms with E-state index in [1.165, 1.54) is 0 Å². The third-order valence-corrected chi connectivity index (χ3v) is 2.07. The van der Waals surface area contributed by atoms with Crippen LogP contribution in [0, 0.1) is 11.3 Å². The fourth-order valence-corrected chi connectivity index (χ4v) is 1.21. The minimum atomic E-state index is 0. The monoisotopic (exact) mass is 281 g/mol. The molecule has 1 rings (SSSR count). The largest absolute Gasteiger partial charge is 0.384 e. The highest BCUT2D eigenvalue weighted by Gasteiger charge is 1.92. The molecule has 0 aliphatic carbocycles. The van der Waals surface area contributed by atoms with Crippen molar-refractivity contribution < 1.29 is 0 Å². The molecule has 1 heterocycles. The molecule has 0 aromatic carbocycles. The average Bonchev–Trinajstić information content (AvgIpc) is 2.77. The van der Waals surface area contributed by atoms with Crippen molar-refractivity contribution in [3.05, 3.63) is 12.3 Å². The number of nitrogens with zero attached hydrogens (tertiary/aromatic N) is 4. The lowest BCUT2D eigenvalue weighted by Crippen LogP contribution is -2.02. The molecule has 0 bridgehead atoms. The molecule has 0 unspecified atom stereocenters. The van der Waals surface area contributed by atoms with Gasteiger partial charge in [0.15, 0.2) is 0 Å². The summed E-state index contributed by atoms with van der Waals surface area (Å²) in [6.45, 7) is 5.87. The van der Waals surface area contributed by atoms with Crippen molar-refractivity contribution in [3.8, 4) is 6.07 Å². The van der Waals surface area contributed by atoms with E-state index in [0.717, 1.165) is 38.2 Å². The Balaban J connectivity index is -0.000000263. The van der Waals surface area contributed by atoms with Gasteiger partial charge in [0.25, 0.3) is 0 Å². The van der Waals surface area contributed by atoms with Gasteiger partial charge >= 0.3 is 0 Å². The van der Waals surface area contributed by atoms with E-state index < -0.39 is 0 Å². The normalized spacial score (nSPS) is 8.85. The van der Waals surface area contributed by atoms with Gasteiger partial charge in [-0.1, -0.05) is 28.7 Å². The third kappa shape index (κ3) is 12.6. The van der Waals surface area contributed by atoms with Crippen molar-refractivity contribution >= 4 is 12.0 Å². The van der Waals surface area contributed by atoms with Crippen LogP contribution in [0.5, 0.6) is 0 Å². The minimum absolute atomic E-state index is 0. The van der Waals surface area contributed by atoms with Crippen LogP contribution in [0.1, 0.15) is 54.4 Å². The van der Waals surface area contributed by atoms with Crippen molar-refractivity contribution in [2.45, 2.75) is 60.9 Å². The van der Waals surface area contributed by atoms with Crippen LogP contribution in [-0.2, 0) is 6.54 Å². The Morgan fingerprint density at radius 1 is 1.45 bits per heavy atom. The molecule has 1 aromatic heterocycles. The average molecular weight is 281 g/mol. The summed E-state index contributed by atoms with van der Waals surface area (Å²) in [4.78, 5) is 4.05. The zero-order valence-electron chi connectivity index (χ0n) is 11.3. The first-order valence-corrected chi connectivity index (χ1v) is 6.38. The van der Waals surface area contributed by atoms with E-state index in [2.05, 4.69) is 23.1 Å². The van der Waals surface area contributed by atoms with Gasteiger partial charge in [0, 0.05) is 19.5 Å². The van der Waals surface area contributed by atoms with Gasteiger partial charge in [0.1, 0.15) is 5.82 Å². The number of aliphatic imine (C=N–C) groups is 1. The number of nitrogen functional groups attached to an aromatic ring is 1. The lowest BCUT2D eigenvalue weighted by molar-refractivity contribution is 0.611. The quantitative estimate of drug-likeness (QED) is 0.634. The highest BCUT2D eigenvalue weighted by Crippen LogP contribution is 1.99. The SMILES string of the molecule is C.C.CCC=NCCCC#N.CCCn1nccc1N. The van der Waals surface area contributed by atoms with Crippen LogP contribution in [0.2, 0.25) is 0 Å². The van der Waals surface area contributed by atoms with Gasteiger partial charge in [-0.05, 0) is 31.5 Å². The molecular formula is C15H31N5. The first kappa shape index (κ1) is 23.3. The Morgan fingerprint density at radius 2 is 2.15 bits per heavy atom. The molecule has 5 heteroatoms. The summed E-state index contributed by atoms with van der Waals surface area (Å²) in [5.41, 5.74) is 5.53. The number of nitriles is 1. The molecule has 0 amide bonds. The molecule has 116 valence electrons. The summed E-state index contributed by atoms with van der Waals surface area (Å²) in [6, 6.07) is 3.87. The molecule has 0 spiro atoms. The molecule has 0 aliphatic heterocycles. The number of aryl methyl sites for hydroxylation is 1. The van der Waals surface area contributed by atoms with Gasteiger partial charge < -0.3 is 5.73 Å². The van der Waals surface area contributed by atoms with E-state index in [1.807, 2.05) is 13.1 Å². The Morgan fingerprint density at radius 3 is 2.60 bits per heavy atom.